The fraction of sp³-hybridized carbons (Fsp3) is 0.615. The predicted octanol–water partition coefficient (Wildman–Crippen LogP) is 4.41. The third-order valence-electron chi connectivity index (χ3n) is 11.2. The number of nitrogens with zero attached hydrogens (tertiary/aromatic N) is 2. The van der Waals surface area contributed by atoms with E-state index in [1.807, 2.05) is 38.1 Å². The Kier molecular flexibility index (Phi) is 9.51. The van der Waals surface area contributed by atoms with Crippen molar-refractivity contribution in [3.05, 3.63) is 47.2 Å². The normalized spacial score (nSPS) is 29.8. The number of nitrogens with one attached hydrogen (secondary N) is 3. The minimum absolute atomic E-state index is 0.0692. The van der Waals surface area contributed by atoms with Crippen molar-refractivity contribution in [2.24, 2.45) is 5.92 Å². The van der Waals surface area contributed by atoms with Crippen LogP contribution in [-0.2, 0) is 35.6 Å². The van der Waals surface area contributed by atoms with Crippen LogP contribution in [0.5, 0.6) is 5.75 Å². The summed E-state index contributed by atoms with van der Waals surface area (Å²) in [5.74, 6) is -1.55. The fourth-order valence-corrected chi connectivity index (χ4v) is 9.52. The molecule has 286 valence electrons. The van der Waals surface area contributed by atoms with E-state index in [1.54, 1.807) is 20.8 Å². The Morgan fingerprint density at radius 2 is 1.85 bits per heavy atom. The molecular weight excluding hydrogens is 699 g/mol. The van der Waals surface area contributed by atoms with Crippen molar-refractivity contribution < 1.29 is 37.1 Å². The summed E-state index contributed by atoms with van der Waals surface area (Å²) in [6.45, 7) is 9.23. The van der Waals surface area contributed by atoms with Crippen LogP contribution in [0.2, 0.25) is 0 Å². The second-order valence-corrected chi connectivity index (χ2v) is 18.7. The molecule has 1 aromatic carbocycles. The molecule has 0 bridgehead atoms. The molecule has 2 saturated carbocycles. The molecular formula is C39H51N5O8S. The summed E-state index contributed by atoms with van der Waals surface area (Å²) in [5.41, 5.74) is 0.484. The van der Waals surface area contributed by atoms with Crippen molar-refractivity contribution in [2.45, 2.75) is 139 Å². The highest BCUT2D eigenvalue weighted by Gasteiger charge is 2.63. The zero-order chi connectivity index (χ0) is 37.9. The summed E-state index contributed by atoms with van der Waals surface area (Å²) in [6.07, 6.45) is 8.89. The molecule has 0 radical (unpaired) electrons. The van der Waals surface area contributed by atoms with E-state index in [2.05, 4.69) is 21.4 Å². The Morgan fingerprint density at radius 1 is 1.08 bits per heavy atom. The SMILES string of the molecule is Cc1ccc2nc(C)c3c(c2c1)CC[C@]1(C[C@H]2C(=O)N[C@]4(C(=O)NS(=O)(=O)C5CC5)C[C@@H]4/C=C\CCCCC[C@H](NC(=O)OC(C)(C)C)C(=O)N2C1)O3. The summed E-state index contributed by atoms with van der Waals surface area (Å²) in [6, 6.07) is 4.07. The summed E-state index contributed by atoms with van der Waals surface area (Å²) in [4.78, 5) is 62.4. The first-order chi connectivity index (χ1) is 25.0. The quantitative estimate of drug-likeness (QED) is 0.383. The zero-order valence-corrected chi connectivity index (χ0v) is 32.1. The second-order valence-electron chi connectivity index (χ2n) is 16.7. The largest absolute Gasteiger partial charge is 0.483 e. The first kappa shape index (κ1) is 37.1. The highest BCUT2D eigenvalue weighted by molar-refractivity contribution is 7.91. The van der Waals surface area contributed by atoms with Crippen LogP contribution in [0.3, 0.4) is 0 Å². The van der Waals surface area contributed by atoms with Crippen molar-refractivity contribution in [2.75, 3.05) is 6.54 Å². The molecule has 1 saturated heterocycles. The molecule has 3 N–H and O–H groups in total. The van der Waals surface area contributed by atoms with E-state index in [4.69, 9.17) is 14.5 Å². The molecule has 13 nitrogen and oxygen atoms in total. The van der Waals surface area contributed by atoms with E-state index in [-0.39, 0.29) is 19.4 Å². The Hall–Kier alpha value is -4.20. The number of aryl methyl sites for hydroxylation is 3. The van der Waals surface area contributed by atoms with E-state index >= 15 is 0 Å². The van der Waals surface area contributed by atoms with Gasteiger partial charge in [0.25, 0.3) is 5.91 Å². The van der Waals surface area contributed by atoms with Crippen LogP contribution < -0.4 is 20.1 Å². The average Bonchev–Trinajstić information content (AvgIpc) is 4.00. The smallest absolute Gasteiger partial charge is 0.408 e. The molecule has 14 heteroatoms. The Labute approximate surface area is 311 Å². The monoisotopic (exact) mass is 749 g/mol. The van der Waals surface area contributed by atoms with Crippen molar-refractivity contribution in [1.29, 1.82) is 0 Å². The lowest BCUT2D eigenvalue weighted by molar-refractivity contribution is -0.141. The first-order valence-corrected chi connectivity index (χ1v) is 20.5. The lowest BCUT2D eigenvalue weighted by Crippen LogP contribution is -2.58. The number of fused-ring (bicyclic) bond motifs is 5. The summed E-state index contributed by atoms with van der Waals surface area (Å²) >= 11 is 0. The van der Waals surface area contributed by atoms with E-state index < -0.39 is 73.8 Å². The highest BCUT2D eigenvalue weighted by atomic mass is 32.2. The van der Waals surface area contributed by atoms with Crippen LogP contribution in [0, 0.1) is 19.8 Å². The molecule has 7 rings (SSSR count). The molecule has 0 unspecified atom stereocenters. The molecule has 3 aliphatic heterocycles. The van der Waals surface area contributed by atoms with Gasteiger partial charge in [0.05, 0.1) is 23.0 Å². The van der Waals surface area contributed by atoms with Gasteiger partial charge in [-0.15, -0.1) is 0 Å². The standard InChI is InChI=1S/C39H51N5O8S/c1-23-13-16-29-28(19-23)27-17-18-38(51-32(27)24(2)40-29)21-31-33(45)42-39(35(47)43-53(49,50)26-14-15-26)20-25(39)11-9-7-6-8-10-12-30(34(46)44(31)22-38)41-36(48)52-37(3,4)5/h9,11,13,16,19,25-26,30-31H,6-8,10,12,14-15,17-18,20-22H2,1-5H3,(H,41,48)(H,42,45)(H,43,47)/b11-9-/t25-,30-,31-,38+,39+/m0/s1. The maximum atomic E-state index is 14.7. The van der Waals surface area contributed by atoms with Crippen LogP contribution in [0.15, 0.2) is 30.4 Å². The van der Waals surface area contributed by atoms with Gasteiger partial charge in [-0.1, -0.05) is 36.6 Å². The number of pyridine rings is 1. The van der Waals surface area contributed by atoms with Crippen molar-refractivity contribution in [1.82, 2.24) is 25.2 Å². The molecule has 2 aliphatic carbocycles. The van der Waals surface area contributed by atoms with Gasteiger partial charge in [-0.25, -0.2) is 18.2 Å². The number of carbonyl (C=O) groups is 4. The van der Waals surface area contributed by atoms with Crippen LogP contribution in [0.4, 0.5) is 4.79 Å². The number of amides is 4. The number of rotatable bonds is 4. The van der Waals surface area contributed by atoms with Gasteiger partial charge in [-0.3, -0.25) is 19.1 Å². The van der Waals surface area contributed by atoms with E-state index in [9.17, 15) is 27.6 Å². The molecule has 1 spiro atoms. The second kappa shape index (κ2) is 13.6. The van der Waals surface area contributed by atoms with Gasteiger partial charge in [0.15, 0.2) is 0 Å². The summed E-state index contributed by atoms with van der Waals surface area (Å²) in [5, 5.41) is 6.12. The van der Waals surface area contributed by atoms with Gasteiger partial charge in [0.2, 0.25) is 21.8 Å². The Morgan fingerprint density at radius 3 is 2.58 bits per heavy atom. The van der Waals surface area contributed by atoms with Gasteiger partial charge < -0.3 is 25.0 Å². The Balaban J connectivity index is 1.23. The Bertz CT molecular complexity index is 1990. The number of carbonyl (C=O) groups excluding carboxylic acids is 4. The van der Waals surface area contributed by atoms with E-state index in [0.29, 0.717) is 56.4 Å². The molecule has 1 aromatic heterocycles. The maximum absolute atomic E-state index is 14.7. The first-order valence-electron chi connectivity index (χ1n) is 18.9. The molecule has 5 aliphatic rings. The van der Waals surface area contributed by atoms with Gasteiger partial charge in [0, 0.05) is 23.3 Å². The lowest BCUT2D eigenvalue weighted by Gasteiger charge is -2.37. The van der Waals surface area contributed by atoms with Crippen molar-refractivity contribution >= 4 is 44.7 Å². The average molecular weight is 750 g/mol. The van der Waals surface area contributed by atoms with Crippen LogP contribution in [0.25, 0.3) is 10.9 Å². The number of ether oxygens (including phenoxy) is 2. The molecule has 2 aromatic rings. The lowest BCUT2D eigenvalue weighted by atomic mass is 9.87. The molecule has 53 heavy (non-hydrogen) atoms. The minimum Gasteiger partial charge on any atom is -0.483 e. The van der Waals surface area contributed by atoms with Gasteiger partial charge in [-0.05, 0) is 98.1 Å². The fourth-order valence-electron chi connectivity index (χ4n) is 8.16. The van der Waals surface area contributed by atoms with Crippen molar-refractivity contribution in [3.8, 4) is 5.75 Å². The predicted molar refractivity (Wildman–Crippen MR) is 197 cm³/mol. The molecule has 5 atom stereocenters. The topological polar surface area (TPSA) is 173 Å². The van der Waals surface area contributed by atoms with Gasteiger partial charge in [-0.2, -0.15) is 0 Å². The number of benzene rings is 1. The van der Waals surface area contributed by atoms with E-state index in [1.165, 1.54) is 4.90 Å². The molecule has 3 fully saturated rings. The van der Waals surface area contributed by atoms with Crippen LogP contribution >= 0.6 is 0 Å². The maximum Gasteiger partial charge on any atom is 0.408 e. The number of alkyl carbamates (subject to hydrolysis) is 1. The number of sulfonamides is 1. The third kappa shape index (κ3) is 7.61. The van der Waals surface area contributed by atoms with Crippen LogP contribution in [0.1, 0.15) is 102 Å². The van der Waals surface area contributed by atoms with Crippen molar-refractivity contribution in [3.63, 3.8) is 0 Å². The third-order valence-corrected chi connectivity index (χ3v) is 13.0. The minimum atomic E-state index is -3.88. The molecule has 4 heterocycles. The number of hydrogen-bond acceptors (Lipinski definition) is 9. The summed E-state index contributed by atoms with van der Waals surface area (Å²) in [7, 11) is -3.88. The number of aromatic nitrogens is 1. The number of allylic oxidation sites excluding steroid dienone is 1. The molecule has 4 amide bonds. The van der Waals surface area contributed by atoms with Gasteiger partial charge in [0.1, 0.15) is 34.6 Å². The highest BCUT2D eigenvalue weighted by Crippen LogP contribution is 2.48. The van der Waals surface area contributed by atoms with Gasteiger partial charge >= 0.3 is 6.09 Å². The zero-order valence-electron chi connectivity index (χ0n) is 31.3. The number of hydrogen-bond donors (Lipinski definition) is 3. The van der Waals surface area contributed by atoms with E-state index in [0.717, 1.165) is 34.9 Å². The summed E-state index contributed by atoms with van der Waals surface area (Å²) < 4.78 is 40.4. The van der Waals surface area contributed by atoms with Crippen LogP contribution in [-0.4, -0.2) is 82.7 Å².